The van der Waals surface area contributed by atoms with E-state index in [2.05, 4.69) is 30.4 Å². The molecule has 12 heteroatoms. The molecule has 0 aliphatic heterocycles. The van der Waals surface area contributed by atoms with Gasteiger partial charge in [0.1, 0.15) is 28.6 Å². The number of methoxy groups -OCH3 is 1. The number of halogens is 1. The number of hydrogen-bond donors (Lipinski definition) is 1. The molecular weight excluding hydrogens is 632 g/mol. The second kappa shape index (κ2) is 17.4. The van der Waals surface area contributed by atoms with Crippen LogP contribution < -0.4 is 15.1 Å². The number of nitrogens with one attached hydrogen (secondary N) is 1. The van der Waals surface area contributed by atoms with Crippen molar-refractivity contribution >= 4 is 46.2 Å². The second-order valence-corrected chi connectivity index (χ2v) is 14.4. The van der Waals surface area contributed by atoms with Crippen LogP contribution in [0.2, 0.25) is 0 Å². The second-order valence-electron chi connectivity index (χ2n) is 13.9. The summed E-state index contributed by atoms with van der Waals surface area (Å²) in [6.07, 6.45) is 2.07. The van der Waals surface area contributed by atoms with Crippen LogP contribution in [0.15, 0.2) is 43.6 Å². The van der Waals surface area contributed by atoms with Gasteiger partial charge in [-0.25, -0.2) is 19.6 Å². The minimum Gasteiger partial charge on any atom is -0.497 e. The molecule has 0 saturated heterocycles. The van der Waals surface area contributed by atoms with Gasteiger partial charge in [-0.15, -0.1) is 0 Å². The number of ether oxygens (including phenoxy) is 3. The maximum absolute atomic E-state index is 13.5. The Hall–Kier alpha value is -3.99. The molecule has 266 valence electrons. The van der Waals surface area contributed by atoms with Crippen LogP contribution >= 0.6 is 11.6 Å². The molecule has 0 spiro atoms. The van der Waals surface area contributed by atoms with Crippen molar-refractivity contribution in [3.63, 3.8) is 0 Å². The average molecular weight is 687 g/mol. The van der Waals surface area contributed by atoms with Gasteiger partial charge in [-0.1, -0.05) is 24.8 Å². The molecule has 0 aliphatic rings. The molecular formula is C36H55ClN6O5. The molecule has 2 rings (SSSR count). The summed E-state index contributed by atoms with van der Waals surface area (Å²) in [6.45, 7) is 24.1. The van der Waals surface area contributed by atoms with Crippen LogP contribution in [0.5, 0.6) is 0 Å². The molecule has 2 atom stereocenters. The van der Waals surface area contributed by atoms with Crippen molar-refractivity contribution < 1.29 is 23.8 Å². The lowest BCUT2D eigenvalue weighted by Crippen LogP contribution is -2.40. The Balaban J connectivity index is 2.31. The highest BCUT2D eigenvalue weighted by molar-refractivity contribution is 6.48. The predicted molar refractivity (Wildman–Crippen MR) is 195 cm³/mol. The van der Waals surface area contributed by atoms with Crippen LogP contribution in [0, 0.1) is 0 Å². The Bertz CT molecular complexity index is 1420. The third kappa shape index (κ3) is 12.6. The maximum Gasteiger partial charge on any atom is 0.410 e. The van der Waals surface area contributed by atoms with Gasteiger partial charge in [0.15, 0.2) is 0 Å². The summed E-state index contributed by atoms with van der Waals surface area (Å²) in [5.74, 6) is 1.82. The molecule has 0 aliphatic carbocycles. The maximum atomic E-state index is 13.5. The Morgan fingerprint density at radius 1 is 0.917 bits per heavy atom. The Morgan fingerprint density at radius 3 is 2.10 bits per heavy atom. The number of anilines is 2. The molecule has 2 aromatic heterocycles. The number of hydrogen-bond acceptors (Lipinski definition) is 9. The van der Waals surface area contributed by atoms with Gasteiger partial charge < -0.3 is 34.2 Å². The summed E-state index contributed by atoms with van der Waals surface area (Å²) in [5.41, 5.74) is 0.896. The Morgan fingerprint density at radius 2 is 1.52 bits per heavy atom. The zero-order chi connectivity index (χ0) is 36.4. The zero-order valence-electron chi connectivity index (χ0n) is 30.6. The summed E-state index contributed by atoms with van der Waals surface area (Å²) in [7, 11) is 5.44. The molecule has 2 heterocycles. The number of pyridine rings is 2. The number of nitrogens with zero attached hydrogens (tertiary/aromatic N) is 5. The van der Waals surface area contributed by atoms with E-state index in [0.717, 1.165) is 11.1 Å². The monoisotopic (exact) mass is 686 g/mol. The Kier molecular flexibility index (Phi) is 14.6. The van der Waals surface area contributed by atoms with Crippen molar-refractivity contribution in [3.8, 4) is 0 Å². The number of rotatable bonds is 15. The van der Waals surface area contributed by atoms with E-state index in [1.165, 1.54) is 0 Å². The summed E-state index contributed by atoms with van der Waals surface area (Å²) in [4.78, 5) is 40.9. The highest BCUT2D eigenvalue weighted by Gasteiger charge is 2.26. The highest BCUT2D eigenvalue weighted by Crippen LogP contribution is 2.29. The SMILES string of the molecule is C=C(Cl)c1cccnc1N(C)C(C)CCN(Cc1ccc(C(=C)OC)c(N(C)C(C)CCNC(=O)OC(C)(C)C)n1)C(=O)OC(C)(C)C. The van der Waals surface area contributed by atoms with Crippen LogP contribution in [0.25, 0.3) is 10.8 Å². The fourth-order valence-corrected chi connectivity index (χ4v) is 4.81. The van der Waals surface area contributed by atoms with Crippen LogP contribution in [-0.4, -0.2) is 84.6 Å². The van der Waals surface area contributed by atoms with Crippen LogP contribution in [-0.2, 0) is 20.8 Å². The van der Waals surface area contributed by atoms with E-state index in [-0.39, 0.29) is 18.6 Å². The molecule has 2 amide bonds. The van der Waals surface area contributed by atoms with E-state index >= 15 is 0 Å². The van der Waals surface area contributed by atoms with E-state index in [1.54, 1.807) is 18.2 Å². The lowest BCUT2D eigenvalue weighted by atomic mass is 10.1. The number of carbonyl (C=O) groups is 2. The quantitative estimate of drug-likeness (QED) is 0.189. The van der Waals surface area contributed by atoms with Gasteiger partial charge in [-0.3, -0.25) is 0 Å². The van der Waals surface area contributed by atoms with Gasteiger partial charge >= 0.3 is 12.2 Å². The lowest BCUT2D eigenvalue weighted by molar-refractivity contribution is 0.0226. The molecule has 0 saturated carbocycles. The largest absolute Gasteiger partial charge is 0.497 e. The first-order valence-corrected chi connectivity index (χ1v) is 16.5. The molecule has 0 aromatic carbocycles. The van der Waals surface area contributed by atoms with Crippen molar-refractivity contribution in [1.82, 2.24) is 20.2 Å². The van der Waals surface area contributed by atoms with Crippen molar-refractivity contribution in [1.29, 1.82) is 0 Å². The van der Waals surface area contributed by atoms with E-state index in [0.29, 0.717) is 54.1 Å². The van der Waals surface area contributed by atoms with E-state index in [1.807, 2.05) is 96.6 Å². The first-order valence-electron chi connectivity index (χ1n) is 16.2. The summed E-state index contributed by atoms with van der Waals surface area (Å²) < 4.78 is 16.6. The topological polar surface area (TPSA) is 109 Å². The van der Waals surface area contributed by atoms with Gasteiger partial charge in [-0.2, -0.15) is 0 Å². The zero-order valence-corrected chi connectivity index (χ0v) is 31.4. The van der Waals surface area contributed by atoms with Crippen LogP contribution in [0.1, 0.15) is 85.1 Å². The van der Waals surface area contributed by atoms with E-state index in [9.17, 15) is 9.59 Å². The van der Waals surface area contributed by atoms with Crippen molar-refractivity contribution in [3.05, 3.63) is 60.4 Å². The van der Waals surface area contributed by atoms with Crippen molar-refractivity contribution in [2.24, 2.45) is 0 Å². The minimum absolute atomic E-state index is 0.00296. The highest BCUT2D eigenvalue weighted by atomic mass is 35.5. The fourth-order valence-electron chi connectivity index (χ4n) is 4.66. The van der Waals surface area contributed by atoms with Gasteiger partial charge in [0.05, 0.1) is 24.9 Å². The number of amides is 2. The van der Waals surface area contributed by atoms with E-state index in [4.69, 9.17) is 30.8 Å². The van der Waals surface area contributed by atoms with Crippen molar-refractivity contribution in [2.45, 2.75) is 98.1 Å². The smallest absolute Gasteiger partial charge is 0.410 e. The number of aromatic nitrogens is 2. The van der Waals surface area contributed by atoms with E-state index < -0.39 is 23.4 Å². The molecule has 0 bridgehead atoms. The Labute approximate surface area is 292 Å². The summed E-state index contributed by atoms with van der Waals surface area (Å²) >= 11 is 6.25. The van der Waals surface area contributed by atoms with Crippen LogP contribution in [0.3, 0.4) is 0 Å². The molecule has 48 heavy (non-hydrogen) atoms. The standard InChI is InChI=1S/C36H55ClN6O5/c1-24(18-21-39-33(44)47-35(5,6)7)42(12)32-30(27(4)46-13)17-16-28(40-32)23-43(34(45)48-36(8,9)10)22-19-25(2)41(11)31-29(26(3)37)15-14-20-38-31/h14-17,20,24-25H,3-4,18-19,21-23H2,1-2,5-13H3,(H,39,44). The summed E-state index contributed by atoms with van der Waals surface area (Å²) in [6, 6.07) is 7.45. The number of alkyl carbamates (subject to hydrolysis) is 1. The van der Waals surface area contributed by atoms with Crippen LogP contribution in [0.4, 0.5) is 21.2 Å². The van der Waals surface area contributed by atoms with Gasteiger partial charge in [0.2, 0.25) is 0 Å². The lowest BCUT2D eigenvalue weighted by Gasteiger charge is -2.32. The molecule has 2 aromatic rings. The molecule has 11 nitrogen and oxygen atoms in total. The third-order valence-electron chi connectivity index (χ3n) is 7.60. The molecule has 0 radical (unpaired) electrons. The fraction of sp³-hybridized carbons (Fsp3) is 0.556. The molecule has 2 unspecified atom stereocenters. The number of carbonyl (C=O) groups excluding carboxylic acids is 2. The average Bonchev–Trinajstić information content (AvgIpc) is 2.99. The first-order chi connectivity index (χ1) is 22.2. The normalized spacial score (nSPS) is 12.8. The summed E-state index contributed by atoms with van der Waals surface area (Å²) in [5, 5.41) is 3.23. The van der Waals surface area contributed by atoms with Crippen molar-refractivity contribution in [2.75, 3.05) is 44.1 Å². The van der Waals surface area contributed by atoms with Gasteiger partial charge in [0.25, 0.3) is 0 Å². The first kappa shape index (κ1) is 40.2. The predicted octanol–water partition coefficient (Wildman–Crippen LogP) is 7.69. The molecule has 1 N–H and O–H groups in total. The minimum atomic E-state index is -0.678. The molecule has 0 fully saturated rings. The van der Waals surface area contributed by atoms with Gasteiger partial charge in [0, 0.05) is 56.1 Å². The van der Waals surface area contributed by atoms with Gasteiger partial charge in [-0.05, 0) is 92.5 Å². The third-order valence-corrected chi connectivity index (χ3v) is 7.80.